The van der Waals surface area contributed by atoms with E-state index in [1.165, 1.54) is 24.1 Å². The van der Waals surface area contributed by atoms with Gasteiger partial charge in [0.15, 0.2) is 0 Å². The fourth-order valence-corrected chi connectivity index (χ4v) is 5.61. The molecule has 1 fully saturated rings. The van der Waals surface area contributed by atoms with E-state index in [4.69, 9.17) is 5.73 Å². The molecule has 1 aromatic rings. The fraction of sp³-hybridized carbons (Fsp3) is 0.684. The summed E-state index contributed by atoms with van der Waals surface area (Å²) in [5, 5.41) is 3.74. The lowest BCUT2D eigenvalue weighted by Gasteiger charge is -2.21. The minimum Gasteiger partial charge on any atom is -0.365 e. The van der Waals surface area contributed by atoms with Crippen LogP contribution in [0.1, 0.15) is 79.1 Å². The first kappa shape index (κ1) is 17.5. The summed E-state index contributed by atoms with van der Waals surface area (Å²) in [4.78, 5) is 25.8. The minimum absolute atomic E-state index is 0.0703. The molecular formula is C19H28N2O2S. The Morgan fingerprint density at radius 3 is 2.62 bits per heavy atom. The Balaban J connectivity index is 1.80. The maximum Gasteiger partial charge on any atom is 0.251 e. The van der Waals surface area contributed by atoms with Crippen molar-refractivity contribution in [2.75, 3.05) is 5.32 Å². The van der Waals surface area contributed by atoms with E-state index < -0.39 is 5.91 Å². The first-order valence-corrected chi connectivity index (χ1v) is 10.2. The van der Waals surface area contributed by atoms with Crippen molar-refractivity contribution in [3.05, 3.63) is 16.0 Å². The third-order valence-corrected chi connectivity index (χ3v) is 6.69. The van der Waals surface area contributed by atoms with Crippen molar-refractivity contribution < 1.29 is 9.59 Å². The molecular weight excluding hydrogens is 320 g/mol. The predicted molar refractivity (Wildman–Crippen MR) is 98.5 cm³/mol. The second kappa shape index (κ2) is 7.68. The van der Waals surface area contributed by atoms with Crippen LogP contribution in [0.25, 0.3) is 0 Å². The zero-order valence-electron chi connectivity index (χ0n) is 14.5. The summed E-state index contributed by atoms with van der Waals surface area (Å²) in [6.07, 6.45) is 10.9. The van der Waals surface area contributed by atoms with Gasteiger partial charge in [0.25, 0.3) is 5.91 Å². The number of hydrogen-bond donors (Lipinski definition) is 2. The molecule has 5 heteroatoms. The quantitative estimate of drug-likeness (QED) is 0.834. The van der Waals surface area contributed by atoms with Crippen LogP contribution in [0, 0.1) is 11.8 Å². The molecule has 4 nitrogen and oxygen atoms in total. The van der Waals surface area contributed by atoms with Gasteiger partial charge in [0, 0.05) is 10.8 Å². The first-order valence-electron chi connectivity index (χ1n) is 9.35. The van der Waals surface area contributed by atoms with Gasteiger partial charge in [-0.25, -0.2) is 0 Å². The first-order chi connectivity index (χ1) is 11.6. The minimum atomic E-state index is -0.402. The molecule has 1 saturated carbocycles. The van der Waals surface area contributed by atoms with E-state index in [2.05, 4.69) is 12.2 Å². The number of anilines is 1. The second-order valence-electron chi connectivity index (χ2n) is 7.29. The summed E-state index contributed by atoms with van der Waals surface area (Å²) in [5.41, 5.74) is 7.32. The number of carbonyl (C=O) groups is 2. The van der Waals surface area contributed by atoms with Crippen LogP contribution in [0.4, 0.5) is 5.00 Å². The normalized spacial score (nSPS) is 21.3. The van der Waals surface area contributed by atoms with Crippen LogP contribution >= 0.6 is 11.3 Å². The topological polar surface area (TPSA) is 72.2 Å². The average Bonchev–Trinajstić information content (AvgIpc) is 2.93. The Morgan fingerprint density at radius 1 is 1.21 bits per heavy atom. The number of nitrogens with one attached hydrogen (secondary N) is 1. The molecule has 1 atom stereocenters. The lowest BCUT2D eigenvalue weighted by Crippen LogP contribution is -2.26. The van der Waals surface area contributed by atoms with Gasteiger partial charge in [-0.15, -0.1) is 11.3 Å². The maximum atomic E-state index is 12.6. The summed E-state index contributed by atoms with van der Waals surface area (Å²) in [6, 6.07) is 0. The van der Waals surface area contributed by atoms with Crippen molar-refractivity contribution in [3.8, 4) is 0 Å². The van der Waals surface area contributed by atoms with Gasteiger partial charge in [0.1, 0.15) is 5.00 Å². The van der Waals surface area contributed by atoms with Crippen molar-refractivity contribution in [2.45, 2.75) is 71.1 Å². The van der Waals surface area contributed by atoms with E-state index in [-0.39, 0.29) is 11.8 Å². The molecule has 3 N–H and O–H groups in total. The predicted octanol–water partition coefficient (Wildman–Crippen LogP) is 4.27. The third kappa shape index (κ3) is 3.66. The van der Waals surface area contributed by atoms with Crippen LogP contribution in [0.5, 0.6) is 0 Å². The van der Waals surface area contributed by atoms with E-state index in [1.807, 2.05) is 0 Å². The number of nitrogens with two attached hydrogens (primary N) is 1. The lowest BCUT2D eigenvalue weighted by atomic mass is 9.84. The van der Waals surface area contributed by atoms with E-state index in [1.54, 1.807) is 11.3 Å². The van der Waals surface area contributed by atoms with Gasteiger partial charge >= 0.3 is 0 Å². The molecule has 0 aliphatic heterocycles. The van der Waals surface area contributed by atoms with Gasteiger partial charge in [-0.1, -0.05) is 39.0 Å². The highest BCUT2D eigenvalue weighted by Gasteiger charge is 2.29. The number of carbonyl (C=O) groups excluding carboxylic acids is 2. The van der Waals surface area contributed by atoms with Crippen LogP contribution in [0.2, 0.25) is 0 Å². The van der Waals surface area contributed by atoms with Crippen molar-refractivity contribution in [1.29, 1.82) is 0 Å². The monoisotopic (exact) mass is 348 g/mol. The van der Waals surface area contributed by atoms with Gasteiger partial charge in [-0.2, -0.15) is 0 Å². The molecule has 2 aliphatic rings. The Labute approximate surface area is 148 Å². The molecule has 0 unspecified atom stereocenters. The van der Waals surface area contributed by atoms with E-state index in [0.717, 1.165) is 50.5 Å². The van der Waals surface area contributed by atoms with E-state index in [9.17, 15) is 9.59 Å². The molecule has 132 valence electrons. The van der Waals surface area contributed by atoms with Gasteiger partial charge in [-0.05, 0) is 43.6 Å². The highest BCUT2D eigenvalue weighted by atomic mass is 32.1. The molecule has 0 spiro atoms. The van der Waals surface area contributed by atoms with Crippen molar-refractivity contribution in [3.63, 3.8) is 0 Å². The number of amides is 2. The highest BCUT2D eigenvalue weighted by molar-refractivity contribution is 7.17. The highest BCUT2D eigenvalue weighted by Crippen LogP contribution is 2.41. The van der Waals surface area contributed by atoms with Crippen LogP contribution in [0.15, 0.2) is 0 Å². The lowest BCUT2D eigenvalue weighted by molar-refractivity contribution is -0.120. The molecule has 0 aromatic carbocycles. The van der Waals surface area contributed by atoms with Crippen molar-refractivity contribution in [1.82, 2.24) is 0 Å². The van der Waals surface area contributed by atoms with Crippen LogP contribution in [-0.2, 0) is 17.6 Å². The smallest absolute Gasteiger partial charge is 0.251 e. The maximum absolute atomic E-state index is 12.6. The second-order valence-corrected chi connectivity index (χ2v) is 8.40. The Kier molecular flexibility index (Phi) is 5.59. The van der Waals surface area contributed by atoms with Crippen LogP contribution in [0.3, 0.4) is 0 Å². The standard InChI is InChI=1S/C19H28N2O2S/c1-2-6-12-9-10-14-15(11-12)24-19(16(14)17(20)22)21-18(23)13-7-4-3-5-8-13/h12-13H,2-11H2,1H3,(H2,20,22)(H,21,23)/t12-/m0/s1. The molecule has 1 heterocycles. The number of primary amides is 1. The summed E-state index contributed by atoms with van der Waals surface area (Å²) < 4.78 is 0. The summed E-state index contributed by atoms with van der Waals surface area (Å²) in [5.74, 6) is 0.455. The van der Waals surface area contributed by atoms with Gasteiger partial charge in [-0.3, -0.25) is 9.59 Å². The third-order valence-electron chi connectivity index (χ3n) is 5.52. The summed E-state index contributed by atoms with van der Waals surface area (Å²) in [6.45, 7) is 2.22. The zero-order valence-corrected chi connectivity index (χ0v) is 15.3. The Morgan fingerprint density at radius 2 is 1.96 bits per heavy atom. The number of rotatable bonds is 5. The largest absolute Gasteiger partial charge is 0.365 e. The number of hydrogen-bond acceptors (Lipinski definition) is 3. The zero-order chi connectivity index (χ0) is 17.1. The molecule has 0 radical (unpaired) electrons. The molecule has 3 rings (SSSR count). The van der Waals surface area contributed by atoms with E-state index in [0.29, 0.717) is 16.5 Å². The van der Waals surface area contributed by atoms with Gasteiger partial charge in [0.05, 0.1) is 5.56 Å². The number of fused-ring (bicyclic) bond motifs is 1. The fourth-order valence-electron chi connectivity index (χ4n) is 4.24. The van der Waals surface area contributed by atoms with Crippen LogP contribution in [-0.4, -0.2) is 11.8 Å². The summed E-state index contributed by atoms with van der Waals surface area (Å²) >= 11 is 1.58. The van der Waals surface area contributed by atoms with Gasteiger partial charge < -0.3 is 11.1 Å². The molecule has 0 saturated heterocycles. The van der Waals surface area contributed by atoms with Crippen molar-refractivity contribution >= 4 is 28.2 Å². The SMILES string of the molecule is CCC[C@H]1CCc2c(sc(NC(=O)C3CCCCC3)c2C(N)=O)C1. The molecule has 2 aliphatic carbocycles. The molecule has 2 amide bonds. The Hall–Kier alpha value is -1.36. The van der Waals surface area contributed by atoms with Crippen LogP contribution < -0.4 is 11.1 Å². The Bertz CT molecular complexity index is 617. The molecule has 1 aromatic heterocycles. The average molecular weight is 349 g/mol. The van der Waals surface area contributed by atoms with E-state index >= 15 is 0 Å². The number of thiophene rings is 1. The van der Waals surface area contributed by atoms with Gasteiger partial charge in [0.2, 0.25) is 5.91 Å². The summed E-state index contributed by atoms with van der Waals surface area (Å²) in [7, 11) is 0. The molecule has 0 bridgehead atoms. The van der Waals surface area contributed by atoms with Crippen molar-refractivity contribution in [2.24, 2.45) is 17.6 Å². The molecule has 24 heavy (non-hydrogen) atoms.